The van der Waals surface area contributed by atoms with Crippen molar-refractivity contribution in [2.75, 3.05) is 19.8 Å². The average Bonchev–Trinajstić information content (AvgIpc) is 2.72. The van der Waals surface area contributed by atoms with E-state index in [0.717, 1.165) is 6.42 Å². The highest BCUT2D eigenvalue weighted by Crippen LogP contribution is 2.24. The van der Waals surface area contributed by atoms with Crippen molar-refractivity contribution in [3.63, 3.8) is 0 Å². The first-order valence-corrected chi connectivity index (χ1v) is 5.77. The molecule has 0 atom stereocenters. The Labute approximate surface area is 92.1 Å². The number of hydrogen-bond acceptors (Lipinski definition) is 4. The molecule has 82 valence electrons. The van der Waals surface area contributed by atoms with Crippen molar-refractivity contribution in [2.45, 2.75) is 13.0 Å². The van der Waals surface area contributed by atoms with Crippen molar-refractivity contribution in [2.24, 2.45) is 0 Å². The fourth-order valence-electron chi connectivity index (χ4n) is 1.63. The zero-order valence-corrected chi connectivity index (χ0v) is 9.13. The van der Waals surface area contributed by atoms with E-state index in [9.17, 15) is 4.79 Å². The molecule has 0 fully saturated rings. The first-order valence-electron chi connectivity index (χ1n) is 4.89. The molecule has 15 heavy (non-hydrogen) atoms. The van der Waals surface area contributed by atoms with E-state index in [1.165, 1.54) is 10.4 Å². The van der Waals surface area contributed by atoms with Crippen LogP contribution in [0.4, 0.5) is 4.79 Å². The maximum atomic E-state index is 11.5. The van der Waals surface area contributed by atoms with E-state index in [-0.39, 0.29) is 19.3 Å². The summed E-state index contributed by atoms with van der Waals surface area (Å²) in [7, 11) is 0. The summed E-state index contributed by atoms with van der Waals surface area (Å²) in [5.41, 5.74) is 1.21. The second-order valence-corrected chi connectivity index (χ2v) is 4.38. The van der Waals surface area contributed by atoms with Crippen molar-refractivity contribution in [3.8, 4) is 0 Å². The lowest BCUT2D eigenvalue weighted by molar-refractivity contribution is 0.0808. The zero-order valence-electron chi connectivity index (χ0n) is 8.31. The van der Waals surface area contributed by atoms with Gasteiger partial charge in [-0.2, -0.15) is 0 Å². The Balaban J connectivity index is 1.94. The van der Waals surface area contributed by atoms with Gasteiger partial charge >= 0.3 is 6.09 Å². The second-order valence-electron chi connectivity index (χ2n) is 3.38. The van der Waals surface area contributed by atoms with Crippen LogP contribution in [-0.4, -0.2) is 35.9 Å². The van der Waals surface area contributed by atoms with E-state index in [2.05, 4.69) is 0 Å². The van der Waals surface area contributed by atoms with E-state index in [1.54, 1.807) is 16.2 Å². The van der Waals surface area contributed by atoms with Crippen LogP contribution in [-0.2, 0) is 17.7 Å². The number of aliphatic hydroxyl groups excluding tert-OH is 1. The highest BCUT2D eigenvalue weighted by molar-refractivity contribution is 7.10. The normalized spacial score (nSPS) is 14.9. The van der Waals surface area contributed by atoms with Crippen LogP contribution < -0.4 is 0 Å². The molecule has 0 aliphatic carbocycles. The SMILES string of the molecule is O=C(OCCO)N1CCc2sccc2C1. The molecule has 1 aliphatic rings. The minimum absolute atomic E-state index is 0.0752. The van der Waals surface area contributed by atoms with E-state index in [4.69, 9.17) is 9.84 Å². The van der Waals surface area contributed by atoms with Crippen LogP contribution in [0, 0.1) is 0 Å². The molecule has 0 bridgehead atoms. The lowest BCUT2D eigenvalue weighted by atomic mass is 10.1. The number of carbonyl (C=O) groups excluding carboxylic acids is 1. The number of nitrogens with zero attached hydrogens (tertiary/aromatic N) is 1. The summed E-state index contributed by atoms with van der Waals surface area (Å²) in [6, 6.07) is 2.05. The number of fused-ring (bicyclic) bond motifs is 1. The quantitative estimate of drug-likeness (QED) is 0.827. The van der Waals surface area contributed by atoms with Crippen LogP contribution in [0.5, 0.6) is 0 Å². The number of ether oxygens (including phenoxy) is 1. The molecule has 0 saturated carbocycles. The number of thiophene rings is 1. The lowest BCUT2D eigenvalue weighted by Crippen LogP contribution is -2.36. The minimum atomic E-state index is -0.332. The number of aliphatic hydroxyl groups is 1. The number of rotatable bonds is 2. The Bertz CT molecular complexity index is 350. The summed E-state index contributed by atoms with van der Waals surface area (Å²) in [6.45, 7) is 1.29. The predicted octanol–water partition coefficient (Wildman–Crippen LogP) is 1.24. The van der Waals surface area contributed by atoms with Crippen LogP contribution in [0.15, 0.2) is 11.4 Å². The van der Waals surface area contributed by atoms with Gasteiger partial charge < -0.3 is 14.7 Å². The Kier molecular flexibility index (Phi) is 3.23. The van der Waals surface area contributed by atoms with Gasteiger partial charge in [0.25, 0.3) is 0 Å². The van der Waals surface area contributed by atoms with Gasteiger partial charge in [-0.25, -0.2) is 4.79 Å². The van der Waals surface area contributed by atoms with Gasteiger partial charge in [-0.05, 0) is 23.4 Å². The van der Waals surface area contributed by atoms with Gasteiger partial charge in [-0.3, -0.25) is 0 Å². The smallest absolute Gasteiger partial charge is 0.410 e. The molecule has 2 rings (SSSR count). The van der Waals surface area contributed by atoms with Gasteiger partial charge in [0.15, 0.2) is 0 Å². The fraction of sp³-hybridized carbons (Fsp3) is 0.500. The van der Waals surface area contributed by atoms with Crippen molar-refractivity contribution in [3.05, 3.63) is 21.9 Å². The largest absolute Gasteiger partial charge is 0.447 e. The van der Waals surface area contributed by atoms with E-state index < -0.39 is 0 Å². The van der Waals surface area contributed by atoms with Gasteiger partial charge in [0.1, 0.15) is 6.61 Å². The minimum Gasteiger partial charge on any atom is -0.447 e. The molecule has 0 saturated heterocycles. The summed E-state index contributed by atoms with van der Waals surface area (Å²) in [5.74, 6) is 0. The van der Waals surface area contributed by atoms with E-state index in [0.29, 0.717) is 13.1 Å². The highest BCUT2D eigenvalue weighted by Gasteiger charge is 2.22. The molecule has 0 spiro atoms. The number of hydrogen-bond donors (Lipinski definition) is 1. The number of amides is 1. The third-order valence-corrected chi connectivity index (χ3v) is 3.41. The van der Waals surface area contributed by atoms with Crippen molar-refractivity contribution < 1.29 is 14.6 Å². The average molecular weight is 227 g/mol. The molecule has 0 aromatic carbocycles. The first-order chi connectivity index (χ1) is 7.31. The van der Waals surface area contributed by atoms with Gasteiger partial charge in [-0.1, -0.05) is 0 Å². The Morgan fingerprint density at radius 3 is 3.33 bits per heavy atom. The molecule has 0 radical (unpaired) electrons. The topological polar surface area (TPSA) is 49.8 Å². The maximum Gasteiger partial charge on any atom is 0.410 e. The molecule has 0 unspecified atom stereocenters. The summed E-state index contributed by atoms with van der Waals surface area (Å²) in [5, 5.41) is 10.6. The van der Waals surface area contributed by atoms with Crippen molar-refractivity contribution in [1.29, 1.82) is 0 Å². The monoisotopic (exact) mass is 227 g/mol. The van der Waals surface area contributed by atoms with Gasteiger partial charge in [0.2, 0.25) is 0 Å². The highest BCUT2D eigenvalue weighted by atomic mass is 32.1. The molecule has 1 aromatic heterocycles. The summed E-state index contributed by atoms with van der Waals surface area (Å²) in [6.07, 6.45) is 0.571. The van der Waals surface area contributed by atoms with E-state index >= 15 is 0 Å². The molecular formula is C10H13NO3S. The molecule has 4 nitrogen and oxygen atoms in total. The Hall–Kier alpha value is -1.07. The van der Waals surface area contributed by atoms with Crippen molar-refractivity contribution in [1.82, 2.24) is 4.90 Å². The molecule has 2 heterocycles. The summed E-state index contributed by atoms with van der Waals surface area (Å²) >= 11 is 1.74. The summed E-state index contributed by atoms with van der Waals surface area (Å²) in [4.78, 5) is 14.5. The lowest BCUT2D eigenvalue weighted by Gasteiger charge is -2.25. The van der Waals surface area contributed by atoms with Crippen LogP contribution in [0.2, 0.25) is 0 Å². The third-order valence-electron chi connectivity index (χ3n) is 2.38. The van der Waals surface area contributed by atoms with Gasteiger partial charge in [-0.15, -0.1) is 11.3 Å². The van der Waals surface area contributed by atoms with E-state index in [1.807, 2.05) is 11.4 Å². The van der Waals surface area contributed by atoms with Gasteiger partial charge in [0, 0.05) is 11.4 Å². The molecular weight excluding hydrogens is 214 g/mol. The standard InChI is InChI=1S/C10H13NO3S/c12-4-5-14-10(13)11-3-1-9-8(7-11)2-6-15-9/h2,6,12H,1,3-5,7H2. The predicted molar refractivity (Wildman–Crippen MR) is 56.9 cm³/mol. The second kappa shape index (κ2) is 4.63. The van der Waals surface area contributed by atoms with Crippen LogP contribution >= 0.6 is 11.3 Å². The first kappa shape index (κ1) is 10.4. The third kappa shape index (κ3) is 2.30. The Morgan fingerprint density at radius 2 is 2.53 bits per heavy atom. The van der Waals surface area contributed by atoms with Crippen LogP contribution in [0.25, 0.3) is 0 Å². The van der Waals surface area contributed by atoms with Crippen molar-refractivity contribution >= 4 is 17.4 Å². The molecule has 5 heteroatoms. The van der Waals surface area contributed by atoms with Crippen LogP contribution in [0.3, 0.4) is 0 Å². The fourth-order valence-corrected chi connectivity index (χ4v) is 2.52. The molecule has 1 aromatic rings. The Morgan fingerprint density at radius 1 is 1.67 bits per heavy atom. The molecule has 1 amide bonds. The molecule has 1 aliphatic heterocycles. The summed E-state index contributed by atoms with van der Waals surface area (Å²) < 4.78 is 4.86. The van der Waals surface area contributed by atoms with Gasteiger partial charge in [0.05, 0.1) is 13.2 Å². The molecule has 1 N–H and O–H groups in total. The number of carbonyl (C=O) groups is 1. The maximum absolute atomic E-state index is 11.5. The zero-order chi connectivity index (χ0) is 10.7. The van der Waals surface area contributed by atoms with Crippen LogP contribution in [0.1, 0.15) is 10.4 Å².